The summed E-state index contributed by atoms with van der Waals surface area (Å²) >= 11 is 0. The van der Waals surface area contributed by atoms with E-state index < -0.39 is 5.82 Å². The van der Waals surface area contributed by atoms with Gasteiger partial charge in [0.05, 0.1) is 7.11 Å². The maximum atomic E-state index is 14.6. The van der Waals surface area contributed by atoms with E-state index in [-0.39, 0.29) is 12.4 Å². The Morgan fingerprint density at radius 1 is 0.929 bits per heavy atom. The summed E-state index contributed by atoms with van der Waals surface area (Å²) in [6, 6.07) is 9.77. The highest BCUT2D eigenvalue weighted by Gasteiger charge is 2.21. The number of halogens is 2. The third-order valence-electron chi connectivity index (χ3n) is 5.46. The van der Waals surface area contributed by atoms with Crippen LogP contribution in [0, 0.1) is 11.6 Å². The number of aryl methyl sites for hydroxylation is 1. The van der Waals surface area contributed by atoms with Crippen molar-refractivity contribution in [2.45, 2.75) is 51.4 Å². The molecule has 4 heteroatoms. The summed E-state index contributed by atoms with van der Waals surface area (Å²) in [5.74, 6) is 0.0398. The first-order valence-electron chi connectivity index (χ1n) is 10.1. The fourth-order valence-corrected chi connectivity index (χ4v) is 4.05. The zero-order valence-electron chi connectivity index (χ0n) is 16.4. The van der Waals surface area contributed by atoms with Crippen molar-refractivity contribution in [3.8, 4) is 5.75 Å². The number of rotatable bonds is 8. The van der Waals surface area contributed by atoms with Gasteiger partial charge in [0.2, 0.25) is 0 Å². The molecule has 0 aliphatic heterocycles. The number of fused-ring (bicyclic) bond motifs is 1. The Labute approximate surface area is 165 Å². The van der Waals surface area contributed by atoms with Gasteiger partial charge in [0.1, 0.15) is 17.4 Å². The van der Waals surface area contributed by atoms with Gasteiger partial charge in [0, 0.05) is 12.2 Å². The predicted molar refractivity (Wildman–Crippen MR) is 109 cm³/mol. The van der Waals surface area contributed by atoms with Gasteiger partial charge >= 0.3 is 0 Å². The molecular weight excluding hydrogens is 358 g/mol. The SMILES string of the molecule is COc1ccc2c(c1)CCCC(c1cc(F)ccc1F)=C2CCCCCCO. The molecule has 2 nitrogen and oxygen atoms in total. The minimum Gasteiger partial charge on any atom is -0.497 e. The van der Waals surface area contributed by atoms with Gasteiger partial charge in [0.15, 0.2) is 0 Å². The van der Waals surface area contributed by atoms with Gasteiger partial charge in [-0.15, -0.1) is 0 Å². The molecule has 0 spiro atoms. The lowest BCUT2D eigenvalue weighted by atomic mass is 9.88. The van der Waals surface area contributed by atoms with Gasteiger partial charge in [-0.3, -0.25) is 0 Å². The molecule has 0 fully saturated rings. The fourth-order valence-electron chi connectivity index (χ4n) is 4.05. The number of hydrogen-bond donors (Lipinski definition) is 1. The molecule has 2 aromatic rings. The Balaban J connectivity index is 2.03. The van der Waals surface area contributed by atoms with E-state index in [4.69, 9.17) is 9.84 Å². The number of allylic oxidation sites excluding steroid dienone is 2. The van der Waals surface area contributed by atoms with Gasteiger partial charge < -0.3 is 9.84 Å². The van der Waals surface area contributed by atoms with Crippen LogP contribution in [0.25, 0.3) is 11.1 Å². The van der Waals surface area contributed by atoms with E-state index in [1.165, 1.54) is 23.8 Å². The Hall–Kier alpha value is -2.20. The average molecular weight is 386 g/mol. The largest absolute Gasteiger partial charge is 0.497 e. The second-order valence-corrected chi connectivity index (χ2v) is 7.35. The predicted octanol–water partition coefficient (Wildman–Crippen LogP) is 6.16. The van der Waals surface area contributed by atoms with E-state index in [1.54, 1.807) is 7.11 Å². The summed E-state index contributed by atoms with van der Waals surface area (Å²) in [4.78, 5) is 0. The molecule has 0 bridgehead atoms. The van der Waals surface area contributed by atoms with Crippen molar-refractivity contribution in [3.05, 3.63) is 64.7 Å². The van der Waals surface area contributed by atoms with Gasteiger partial charge in [-0.1, -0.05) is 18.9 Å². The van der Waals surface area contributed by atoms with Gasteiger partial charge in [0.25, 0.3) is 0 Å². The van der Waals surface area contributed by atoms with E-state index in [0.29, 0.717) is 5.56 Å². The Morgan fingerprint density at radius 2 is 1.75 bits per heavy atom. The molecule has 2 aromatic carbocycles. The number of unbranched alkanes of at least 4 members (excludes halogenated alkanes) is 3. The number of methoxy groups -OCH3 is 1. The van der Waals surface area contributed by atoms with Crippen LogP contribution in [0.5, 0.6) is 5.75 Å². The Morgan fingerprint density at radius 3 is 2.54 bits per heavy atom. The molecular formula is C24H28F2O2. The highest BCUT2D eigenvalue weighted by atomic mass is 19.1. The van der Waals surface area contributed by atoms with Crippen LogP contribution in [0.15, 0.2) is 36.4 Å². The smallest absolute Gasteiger partial charge is 0.130 e. The summed E-state index contributed by atoms with van der Waals surface area (Å²) in [6.07, 6.45) is 7.07. The maximum absolute atomic E-state index is 14.6. The number of aliphatic hydroxyl groups is 1. The molecule has 1 aliphatic carbocycles. The Bertz CT molecular complexity index is 842. The molecule has 1 aliphatic rings. The monoisotopic (exact) mass is 386 g/mol. The van der Waals surface area contributed by atoms with Crippen molar-refractivity contribution in [3.63, 3.8) is 0 Å². The van der Waals surface area contributed by atoms with Crippen LogP contribution in [0.1, 0.15) is 61.6 Å². The molecule has 0 atom stereocenters. The lowest BCUT2D eigenvalue weighted by Crippen LogP contribution is -1.98. The topological polar surface area (TPSA) is 29.5 Å². The first-order chi connectivity index (χ1) is 13.6. The van der Waals surface area contributed by atoms with Crippen molar-refractivity contribution in [2.75, 3.05) is 13.7 Å². The molecule has 0 heterocycles. The van der Waals surface area contributed by atoms with Crippen molar-refractivity contribution in [1.82, 2.24) is 0 Å². The number of benzene rings is 2. The number of hydrogen-bond acceptors (Lipinski definition) is 2. The molecule has 0 saturated carbocycles. The van der Waals surface area contributed by atoms with Gasteiger partial charge in [-0.2, -0.15) is 0 Å². The molecule has 0 unspecified atom stereocenters. The summed E-state index contributed by atoms with van der Waals surface area (Å²) in [7, 11) is 1.66. The van der Waals surface area contributed by atoms with Crippen LogP contribution in [0.2, 0.25) is 0 Å². The quantitative estimate of drug-likeness (QED) is 0.550. The lowest BCUT2D eigenvalue weighted by Gasteiger charge is -2.17. The van der Waals surface area contributed by atoms with Crippen molar-refractivity contribution >= 4 is 11.1 Å². The van der Waals surface area contributed by atoms with Crippen molar-refractivity contribution in [1.29, 1.82) is 0 Å². The summed E-state index contributed by atoms with van der Waals surface area (Å²) in [5, 5.41) is 8.98. The number of ether oxygens (including phenoxy) is 1. The van der Waals surface area contributed by atoms with Crippen LogP contribution < -0.4 is 4.74 Å². The maximum Gasteiger partial charge on any atom is 0.130 e. The highest BCUT2D eigenvalue weighted by molar-refractivity contribution is 5.92. The zero-order valence-corrected chi connectivity index (χ0v) is 16.4. The van der Waals surface area contributed by atoms with Crippen LogP contribution >= 0.6 is 0 Å². The minimum absolute atomic E-state index is 0.213. The molecule has 0 amide bonds. The van der Waals surface area contributed by atoms with Crippen LogP contribution in [-0.2, 0) is 6.42 Å². The molecule has 0 aromatic heterocycles. The second kappa shape index (κ2) is 9.83. The highest BCUT2D eigenvalue weighted by Crippen LogP contribution is 2.40. The van der Waals surface area contributed by atoms with Gasteiger partial charge in [-0.25, -0.2) is 8.78 Å². The van der Waals surface area contributed by atoms with Crippen molar-refractivity contribution in [2.24, 2.45) is 0 Å². The third-order valence-corrected chi connectivity index (χ3v) is 5.46. The number of aliphatic hydroxyl groups excluding tert-OH is 1. The lowest BCUT2D eigenvalue weighted by molar-refractivity contribution is 0.282. The van der Waals surface area contributed by atoms with Crippen molar-refractivity contribution < 1.29 is 18.6 Å². The van der Waals surface area contributed by atoms with E-state index in [9.17, 15) is 8.78 Å². The van der Waals surface area contributed by atoms with Crippen LogP contribution in [-0.4, -0.2) is 18.8 Å². The zero-order chi connectivity index (χ0) is 19.9. The van der Waals surface area contributed by atoms with Crippen LogP contribution in [0.3, 0.4) is 0 Å². The summed E-state index contributed by atoms with van der Waals surface area (Å²) < 4.78 is 33.9. The first-order valence-corrected chi connectivity index (χ1v) is 10.1. The first kappa shape index (κ1) is 20.5. The molecule has 28 heavy (non-hydrogen) atoms. The van der Waals surface area contributed by atoms with E-state index in [2.05, 4.69) is 12.1 Å². The van der Waals surface area contributed by atoms with Crippen LogP contribution in [0.4, 0.5) is 8.78 Å². The van der Waals surface area contributed by atoms with E-state index in [1.807, 2.05) is 6.07 Å². The molecule has 0 saturated heterocycles. The van der Waals surface area contributed by atoms with E-state index in [0.717, 1.165) is 73.8 Å². The molecule has 3 rings (SSSR count). The van der Waals surface area contributed by atoms with Gasteiger partial charge in [-0.05, 0) is 91.1 Å². The average Bonchev–Trinajstić information content (AvgIpc) is 2.88. The van der Waals surface area contributed by atoms with E-state index >= 15 is 0 Å². The molecule has 0 radical (unpaired) electrons. The standard InChI is InChI=1S/C24H28F2O2/c1-28-19-11-12-20-17(15-19)7-6-9-22(21(20)8-4-2-3-5-14-27)23-16-18(25)10-13-24(23)26/h10-13,15-16,27H,2-9,14H2,1H3. The normalized spacial score (nSPS) is 14.0. The second-order valence-electron chi connectivity index (χ2n) is 7.35. The molecule has 1 N–H and O–H groups in total. The summed E-state index contributed by atoms with van der Waals surface area (Å²) in [5.41, 5.74) is 4.75. The summed E-state index contributed by atoms with van der Waals surface area (Å²) in [6.45, 7) is 0.213. The third kappa shape index (κ3) is 4.79. The molecule has 150 valence electrons. The Kier molecular flexibility index (Phi) is 7.21. The fraction of sp³-hybridized carbons (Fsp3) is 0.417. The minimum atomic E-state index is -0.412.